The first-order valence-corrected chi connectivity index (χ1v) is 13.5. The van der Waals surface area contributed by atoms with Crippen LogP contribution in [0.15, 0.2) is 72.8 Å². The molecule has 0 atom stereocenters. The van der Waals surface area contributed by atoms with Crippen LogP contribution < -0.4 is 16.1 Å². The van der Waals surface area contributed by atoms with Gasteiger partial charge < -0.3 is 20.3 Å². The lowest BCUT2D eigenvalue weighted by molar-refractivity contribution is -0.110. The predicted molar refractivity (Wildman–Crippen MR) is 157 cm³/mol. The molecule has 3 aromatic rings. The van der Waals surface area contributed by atoms with Crippen LogP contribution in [0.1, 0.15) is 31.8 Å². The number of ether oxygens (including phenoxy) is 1. The summed E-state index contributed by atoms with van der Waals surface area (Å²) in [7, 11) is 3.43. The highest BCUT2D eigenvalue weighted by atomic mass is 16.7. The van der Waals surface area contributed by atoms with Gasteiger partial charge in [-0.3, -0.25) is 19.3 Å². The molecule has 1 fully saturated rings. The van der Waals surface area contributed by atoms with Crippen molar-refractivity contribution in [2.24, 2.45) is 0 Å². The van der Waals surface area contributed by atoms with E-state index in [1.54, 1.807) is 42.5 Å². The number of methoxy groups -OCH3 is 1. The third-order valence-electron chi connectivity index (χ3n) is 7.18. The van der Waals surface area contributed by atoms with Gasteiger partial charge in [0.05, 0.1) is 36.2 Å². The Hall–Kier alpha value is -4.51. The van der Waals surface area contributed by atoms with E-state index in [0.29, 0.717) is 45.9 Å². The maximum Gasteiger partial charge on any atom is 0.337 e. The maximum atomic E-state index is 13.2. The quantitative estimate of drug-likeness (QED) is 0.160. The number of fused-ring (bicyclic) bond motifs is 1. The van der Waals surface area contributed by atoms with Gasteiger partial charge in [-0.05, 0) is 49.0 Å². The monoisotopic (exact) mass is 555 g/mol. The fraction of sp³-hybridized carbons (Fsp3) is 0.258. The fourth-order valence-corrected chi connectivity index (χ4v) is 4.82. The molecule has 2 aliphatic rings. The van der Waals surface area contributed by atoms with E-state index in [-0.39, 0.29) is 11.8 Å². The number of anilines is 2. The molecule has 10 nitrogen and oxygen atoms in total. The fourth-order valence-electron chi connectivity index (χ4n) is 4.82. The van der Waals surface area contributed by atoms with Gasteiger partial charge in [-0.2, -0.15) is 0 Å². The first kappa shape index (κ1) is 28.0. The van der Waals surface area contributed by atoms with Crippen molar-refractivity contribution in [3.05, 3.63) is 95.1 Å². The van der Waals surface area contributed by atoms with E-state index in [1.165, 1.54) is 7.11 Å². The molecule has 212 valence electrons. The Balaban J connectivity index is 1.30. The Kier molecular flexibility index (Phi) is 8.73. The summed E-state index contributed by atoms with van der Waals surface area (Å²) in [5, 5.41) is 6.23. The number of carbonyl (C=O) groups is 3. The number of hydroxylamine groups is 1. The van der Waals surface area contributed by atoms with Crippen LogP contribution in [0, 0.1) is 0 Å². The summed E-state index contributed by atoms with van der Waals surface area (Å²) in [5.41, 5.74) is 7.04. The summed E-state index contributed by atoms with van der Waals surface area (Å²) >= 11 is 0. The number of benzene rings is 3. The lowest BCUT2D eigenvalue weighted by Crippen LogP contribution is -2.45. The van der Waals surface area contributed by atoms with Crippen LogP contribution in [-0.2, 0) is 14.4 Å². The van der Waals surface area contributed by atoms with Crippen LogP contribution in [0.4, 0.5) is 11.4 Å². The van der Waals surface area contributed by atoms with Crippen LogP contribution >= 0.6 is 0 Å². The highest BCUT2D eigenvalue weighted by Gasteiger charge is 2.29. The number of likely N-dealkylation sites (N-methyl/N-ethyl adjacent to an activating group) is 1. The molecule has 0 bridgehead atoms. The van der Waals surface area contributed by atoms with E-state index in [2.05, 4.69) is 33.0 Å². The first-order chi connectivity index (χ1) is 19.9. The van der Waals surface area contributed by atoms with Crippen molar-refractivity contribution in [1.82, 2.24) is 15.3 Å². The third kappa shape index (κ3) is 6.63. The third-order valence-corrected chi connectivity index (χ3v) is 7.18. The zero-order valence-electron chi connectivity index (χ0n) is 23.1. The van der Waals surface area contributed by atoms with Crippen molar-refractivity contribution in [2.45, 2.75) is 0 Å². The molecule has 2 amide bonds. The number of nitrogens with one attached hydrogen (secondary N) is 3. The van der Waals surface area contributed by atoms with Crippen LogP contribution in [-0.4, -0.2) is 81.1 Å². The largest absolute Gasteiger partial charge is 0.465 e. The second kappa shape index (κ2) is 12.8. The van der Waals surface area contributed by atoms with E-state index < -0.39 is 5.97 Å². The van der Waals surface area contributed by atoms with Crippen molar-refractivity contribution in [3.63, 3.8) is 0 Å². The number of carbonyl (C=O) groups excluding carboxylic acids is 3. The summed E-state index contributed by atoms with van der Waals surface area (Å²) in [5.74, 6) is -1.11. The molecular formula is C31H33N5O5. The van der Waals surface area contributed by atoms with Gasteiger partial charge in [0.1, 0.15) is 0 Å². The first-order valence-electron chi connectivity index (χ1n) is 13.5. The lowest BCUT2D eigenvalue weighted by Gasteiger charge is -2.32. The second-order valence-electron chi connectivity index (χ2n) is 9.95. The Morgan fingerprint density at radius 3 is 2.32 bits per heavy atom. The van der Waals surface area contributed by atoms with Gasteiger partial charge >= 0.3 is 5.97 Å². The molecule has 0 saturated carbocycles. The number of esters is 1. The number of amides is 2. The highest BCUT2D eigenvalue weighted by Crippen LogP contribution is 2.38. The maximum absolute atomic E-state index is 13.2. The predicted octanol–water partition coefficient (Wildman–Crippen LogP) is 3.31. The standard InChI is InChI=1S/C31H33N5O5/c1-35-14-16-36(17-15-35)18-19-41-34-29(37)22-8-11-24(12-9-22)32-28(21-6-4-3-5-7-21)27-25-13-10-23(31(39)40-2)20-26(25)33-30(27)38/h3-13,20,32H,14-19H2,1-2H3,(H,33,38)(H,34,37). The summed E-state index contributed by atoms with van der Waals surface area (Å²) in [6.07, 6.45) is 0. The normalized spacial score (nSPS) is 16.5. The van der Waals surface area contributed by atoms with Crippen molar-refractivity contribution in [3.8, 4) is 0 Å². The molecule has 41 heavy (non-hydrogen) atoms. The summed E-state index contributed by atoms with van der Waals surface area (Å²) in [4.78, 5) is 47.8. The van der Waals surface area contributed by atoms with E-state index in [9.17, 15) is 14.4 Å². The number of nitrogens with zero attached hydrogens (tertiary/aromatic N) is 2. The molecule has 3 aromatic carbocycles. The van der Waals surface area contributed by atoms with Gasteiger partial charge in [0.25, 0.3) is 11.8 Å². The van der Waals surface area contributed by atoms with Crippen molar-refractivity contribution >= 4 is 40.4 Å². The van der Waals surface area contributed by atoms with Crippen molar-refractivity contribution in [2.75, 3.05) is 64.1 Å². The van der Waals surface area contributed by atoms with Crippen LogP contribution in [0.2, 0.25) is 0 Å². The van der Waals surface area contributed by atoms with Gasteiger partial charge in [0, 0.05) is 49.5 Å². The molecule has 0 radical (unpaired) electrons. The molecule has 5 rings (SSSR count). The zero-order chi connectivity index (χ0) is 28.8. The van der Waals surface area contributed by atoms with E-state index in [0.717, 1.165) is 38.3 Å². The highest BCUT2D eigenvalue weighted by molar-refractivity contribution is 6.37. The van der Waals surface area contributed by atoms with Gasteiger partial charge in [-0.1, -0.05) is 36.4 Å². The summed E-state index contributed by atoms with van der Waals surface area (Å²) < 4.78 is 4.81. The average molecular weight is 556 g/mol. The molecule has 3 N–H and O–H groups in total. The molecule has 2 heterocycles. The number of hydrogen-bond acceptors (Lipinski definition) is 8. The molecule has 2 aliphatic heterocycles. The van der Waals surface area contributed by atoms with Crippen molar-refractivity contribution in [1.29, 1.82) is 0 Å². The molecule has 1 saturated heterocycles. The SMILES string of the molecule is COC(=O)c1ccc2c(c1)NC(=O)C2=C(Nc1ccc(C(=O)NOCCN2CCN(C)CC2)cc1)c1ccccc1. The Morgan fingerprint density at radius 2 is 1.61 bits per heavy atom. The average Bonchev–Trinajstić information content (AvgIpc) is 3.33. The topological polar surface area (TPSA) is 112 Å². The second-order valence-corrected chi connectivity index (χ2v) is 9.95. The molecule has 0 aromatic heterocycles. The van der Waals surface area contributed by atoms with Crippen LogP contribution in [0.25, 0.3) is 11.3 Å². The van der Waals surface area contributed by atoms with Gasteiger partial charge in [0.2, 0.25) is 0 Å². The molecular weight excluding hydrogens is 522 g/mol. The molecule has 0 spiro atoms. The smallest absolute Gasteiger partial charge is 0.337 e. The number of rotatable bonds is 9. The van der Waals surface area contributed by atoms with Crippen molar-refractivity contribution < 1.29 is 24.0 Å². The van der Waals surface area contributed by atoms with E-state index in [1.807, 2.05) is 30.3 Å². The summed E-state index contributed by atoms with van der Waals surface area (Å²) in [6.45, 7) is 5.21. The minimum Gasteiger partial charge on any atom is -0.465 e. The van der Waals surface area contributed by atoms with Gasteiger partial charge in [-0.15, -0.1) is 0 Å². The zero-order valence-corrected chi connectivity index (χ0v) is 23.1. The van der Waals surface area contributed by atoms with Gasteiger partial charge in [0.15, 0.2) is 0 Å². The van der Waals surface area contributed by atoms with Crippen LogP contribution in [0.3, 0.4) is 0 Å². The Bertz CT molecular complexity index is 1450. The van der Waals surface area contributed by atoms with Crippen LogP contribution in [0.5, 0.6) is 0 Å². The van der Waals surface area contributed by atoms with E-state index >= 15 is 0 Å². The number of hydrogen-bond donors (Lipinski definition) is 3. The Morgan fingerprint density at radius 1 is 0.902 bits per heavy atom. The number of piperazine rings is 1. The lowest BCUT2D eigenvalue weighted by atomic mass is 9.99. The Labute approximate surface area is 238 Å². The van der Waals surface area contributed by atoms with Gasteiger partial charge in [-0.25, -0.2) is 10.3 Å². The summed E-state index contributed by atoms with van der Waals surface area (Å²) in [6, 6.07) is 21.4. The van der Waals surface area contributed by atoms with E-state index in [4.69, 9.17) is 9.57 Å². The minimum atomic E-state index is -0.481. The molecule has 0 unspecified atom stereocenters. The minimum absolute atomic E-state index is 0.293. The molecule has 0 aliphatic carbocycles. The molecule has 10 heteroatoms.